The van der Waals surface area contributed by atoms with E-state index in [0.29, 0.717) is 10.7 Å². The molecule has 7 nitrogen and oxygen atoms in total. The Labute approximate surface area is 141 Å². The molecule has 0 saturated carbocycles. The van der Waals surface area contributed by atoms with E-state index in [0.717, 1.165) is 11.0 Å². The van der Waals surface area contributed by atoms with Gasteiger partial charge in [0.25, 0.3) is 5.69 Å². The van der Waals surface area contributed by atoms with Crippen LogP contribution in [-0.4, -0.2) is 26.6 Å². The monoisotopic (exact) mass is 343 g/mol. The number of nitro benzene ring substituents is 1. The van der Waals surface area contributed by atoms with Gasteiger partial charge in [-0.15, -0.1) is 0 Å². The number of H-pyrrole nitrogens is 1. The standard InChI is InChI=1S/C16H13N3O4S/c20-15(23-9-11-5-7-12(8-6-11)19(21)22)10-24-16-17-13-3-1-2-4-14(13)18-16/h1-8H,9-10H2,(H,17,18). The first-order valence-corrected chi connectivity index (χ1v) is 8.07. The molecule has 0 aliphatic rings. The van der Waals surface area contributed by atoms with Gasteiger partial charge >= 0.3 is 5.97 Å². The summed E-state index contributed by atoms with van der Waals surface area (Å²) in [6.07, 6.45) is 0. The van der Waals surface area contributed by atoms with Crippen LogP contribution >= 0.6 is 11.8 Å². The molecule has 0 radical (unpaired) electrons. The molecule has 24 heavy (non-hydrogen) atoms. The maximum Gasteiger partial charge on any atom is 0.316 e. The van der Waals surface area contributed by atoms with Crippen molar-refractivity contribution in [3.63, 3.8) is 0 Å². The van der Waals surface area contributed by atoms with E-state index in [9.17, 15) is 14.9 Å². The molecule has 3 rings (SSSR count). The largest absolute Gasteiger partial charge is 0.460 e. The molecular weight excluding hydrogens is 330 g/mol. The number of hydrogen-bond donors (Lipinski definition) is 1. The van der Waals surface area contributed by atoms with Crippen LogP contribution in [0, 0.1) is 10.1 Å². The number of nitrogens with one attached hydrogen (secondary N) is 1. The molecule has 8 heteroatoms. The summed E-state index contributed by atoms with van der Waals surface area (Å²) < 4.78 is 5.15. The van der Waals surface area contributed by atoms with Crippen LogP contribution in [0.3, 0.4) is 0 Å². The van der Waals surface area contributed by atoms with Gasteiger partial charge in [0.05, 0.1) is 21.7 Å². The average Bonchev–Trinajstić information content (AvgIpc) is 3.01. The van der Waals surface area contributed by atoms with Crippen molar-refractivity contribution in [2.75, 3.05) is 5.75 Å². The maximum atomic E-state index is 11.8. The molecular formula is C16H13N3O4S. The lowest BCUT2D eigenvalue weighted by atomic mass is 10.2. The predicted molar refractivity (Wildman–Crippen MR) is 89.7 cm³/mol. The Kier molecular flexibility index (Phi) is 4.76. The van der Waals surface area contributed by atoms with E-state index in [4.69, 9.17) is 4.74 Å². The molecule has 1 aromatic heterocycles. The predicted octanol–water partition coefficient (Wildman–Crippen LogP) is 3.31. The Morgan fingerprint density at radius 3 is 2.67 bits per heavy atom. The SMILES string of the molecule is O=C(CSc1nc2ccccc2[nH]1)OCc1ccc([N+](=O)[O-])cc1. The fourth-order valence-corrected chi connectivity index (χ4v) is 2.73. The molecule has 0 bridgehead atoms. The van der Waals surface area contributed by atoms with Crippen molar-refractivity contribution in [1.82, 2.24) is 9.97 Å². The topological polar surface area (TPSA) is 98.1 Å². The van der Waals surface area contributed by atoms with E-state index in [2.05, 4.69) is 9.97 Å². The van der Waals surface area contributed by atoms with Crippen LogP contribution in [0.2, 0.25) is 0 Å². The summed E-state index contributed by atoms with van der Waals surface area (Å²) in [7, 11) is 0. The van der Waals surface area contributed by atoms with Crippen LogP contribution in [0.1, 0.15) is 5.56 Å². The van der Waals surface area contributed by atoms with Gasteiger partial charge in [0.15, 0.2) is 5.16 Å². The molecule has 2 aromatic carbocycles. The maximum absolute atomic E-state index is 11.8. The molecule has 1 N–H and O–H groups in total. The third-order valence-corrected chi connectivity index (χ3v) is 4.09. The first kappa shape index (κ1) is 16.0. The lowest BCUT2D eigenvalue weighted by Gasteiger charge is -2.04. The van der Waals surface area contributed by atoms with Gasteiger partial charge in [0.1, 0.15) is 6.61 Å². The number of nitro groups is 1. The van der Waals surface area contributed by atoms with E-state index in [1.807, 2.05) is 24.3 Å². The number of thioether (sulfide) groups is 1. The highest BCUT2D eigenvalue weighted by Gasteiger charge is 2.09. The quantitative estimate of drug-likeness (QED) is 0.319. The number of fused-ring (bicyclic) bond motifs is 1. The van der Waals surface area contributed by atoms with E-state index in [1.54, 1.807) is 12.1 Å². The Balaban J connectivity index is 1.49. The number of ether oxygens (including phenoxy) is 1. The first-order chi connectivity index (χ1) is 11.6. The number of aromatic amines is 1. The van der Waals surface area contributed by atoms with Gasteiger partial charge in [-0.1, -0.05) is 23.9 Å². The van der Waals surface area contributed by atoms with Gasteiger partial charge < -0.3 is 9.72 Å². The Morgan fingerprint density at radius 1 is 1.21 bits per heavy atom. The highest BCUT2D eigenvalue weighted by atomic mass is 32.2. The van der Waals surface area contributed by atoms with Crippen LogP contribution in [0.4, 0.5) is 5.69 Å². The molecule has 3 aromatic rings. The number of benzene rings is 2. The second kappa shape index (κ2) is 7.14. The van der Waals surface area contributed by atoms with Gasteiger partial charge in [-0.2, -0.15) is 0 Å². The summed E-state index contributed by atoms with van der Waals surface area (Å²) in [5.74, 6) is -0.244. The lowest BCUT2D eigenvalue weighted by Crippen LogP contribution is -2.07. The van der Waals surface area contributed by atoms with Crippen molar-refractivity contribution >= 4 is 34.5 Å². The molecule has 0 fully saturated rings. The number of non-ortho nitro benzene ring substituents is 1. The molecule has 0 spiro atoms. The number of para-hydroxylation sites is 2. The zero-order valence-corrected chi connectivity index (χ0v) is 13.3. The van der Waals surface area contributed by atoms with Crippen LogP contribution < -0.4 is 0 Å². The summed E-state index contributed by atoms with van der Waals surface area (Å²) in [6, 6.07) is 13.5. The van der Waals surface area contributed by atoms with E-state index < -0.39 is 4.92 Å². The molecule has 0 amide bonds. The minimum atomic E-state index is -0.472. The molecule has 0 aliphatic carbocycles. The fraction of sp³-hybridized carbons (Fsp3) is 0.125. The Bertz CT molecular complexity index is 843. The minimum Gasteiger partial charge on any atom is -0.460 e. The van der Waals surface area contributed by atoms with Crippen LogP contribution in [0.15, 0.2) is 53.7 Å². The number of carbonyl (C=O) groups is 1. The van der Waals surface area contributed by atoms with Crippen molar-refractivity contribution in [2.24, 2.45) is 0 Å². The van der Waals surface area contributed by atoms with Crippen molar-refractivity contribution in [2.45, 2.75) is 11.8 Å². The van der Waals surface area contributed by atoms with Gasteiger partial charge in [0, 0.05) is 12.1 Å². The van der Waals surface area contributed by atoms with Crippen molar-refractivity contribution < 1.29 is 14.5 Å². The van der Waals surface area contributed by atoms with Crippen molar-refractivity contribution in [1.29, 1.82) is 0 Å². The third-order valence-electron chi connectivity index (χ3n) is 3.24. The highest BCUT2D eigenvalue weighted by molar-refractivity contribution is 7.99. The number of esters is 1. The molecule has 0 atom stereocenters. The Morgan fingerprint density at radius 2 is 1.96 bits per heavy atom. The minimum absolute atomic E-state index is 0.00511. The van der Waals surface area contributed by atoms with Gasteiger partial charge in [-0.3, -0.25) is 14.9 Å². The summed E-state index contributed by atoms with van der Waals surface area (Å²) in [5, 5.41) is 11.2. The summed E-state index contributed by atoms with van der Waals surface area (Å²) in [6.45, 7) is 0.0809. The van der Waals surface area contributed by atoms with Crippen molar-refractivity contribution in [3.05, 3.63) is 64.2 Å². The second-order valence-corrected chi connectivity index (χ2v) is 5.90. The van der Waals surface area contributed by atoms with Crippen LogP contribution in [0.5, 0.6) is 0 Å². The zero-order valence-electron chi connectivity index (χ0n) is 12.5. The number of nitrogens with zero attached hydrogens (tertiary/aromatic N) is 2. The lowest BCUT2D eigenvalue weighted by molar-refractivity contribution is -0.384. The van der Waals surface area contributed by atoms with Gasteiger partial charge in [-0.25, -0.2) is 4.98 Å². The number of aromatic nitrogens is 2. The summed E-state index contributed by atoms with van der Waals surface area (Å²) >= 11 is 1.27. The smallest absolute Gasteiger partial charge is 0.316 e. The number of carbonyl (C=O) groups excluding carboxylic acids is 1. The second-order valence-electron chi connectivity index (χ2n) is 4.93. The molecule has 0 aliphatic heterocycles. The van der Waals surface area contributed by atoms with E-state index in [1.165, 1.54) is 23.9 Å². The fourth-order valence-electron chi connectivity index (χ4n) is 2.04. The number of imidazole rings is 1. The Hall–Kier alpha value is -2.87. The molecule has 0 saturated heterocycles. The summed E-state index contributed by atoms with van der Waals surface area (Å²) in [4.78, 5) is 29.4. The number of hydrogen-bond acceptors (Lipinski definition) is 6. The molecule has 1 heterocycles. The molecule has 0 unspecified atom stereocenters. The van der Waals surface area contributed by atoms with Gasteiger partial charge in [-0.05, 0) is 29.8 Å². The normalized spacial score (nSPS) is 10.7. The first-order valence-electron chi connectivity index (χ1n) is 7.08. The van der Waals surface area contributed by atoms with Gasteiger partial charge in [0.2, 0.25) is 0 Å². The number of rotatable bonds is 6. The van der Waals surface area contributed by atoms with Crippen LogP contribution in [-0.2, 0) is 16.1 Å². The van der Waals surface area contributed by atoms with Crippen LogP contribution in [0.25, 0.3) is 11.0 Å². The van der Waals surface area contributed by atoms with E-state index in [-0.39, 0.29) is 24.0 Å². The highest BCUT2D eigenvalue weighted by Crippen LogP contribution is 2.19. The summed E-state index contributed by atoms with van der Waals surface area (Å²) in [5.41, 5.74) is 2.46. The van der Waals surface area contributed by atoms with E-state index >= 15 is 0 Å². The van der Waals surface area contributed by atoms with Crippen molar-refractivity contribution in [3.8, 4) is 0 Å². The molecule has 122 valence electrons. The average molecular weight is 343 g/mol. The zero-order chi connectivity index (χ0) is 16.9. The third kappa shape index (κ3) is 3.90.